The fourth-order valence-corrected chi connectivity index (χ4v) is 3.15. The number of hydrogen-bond acceptors (Lipinski definition) is 3. The van der Waals surface area contributed by atoms with Gasteiger partial charge in [-0.05, 0) is 92.1 Å². The average molecular weight is 535 g/mol. The number of nitrogens with zero attached hydrogens (tertiary/aromatic N) is 1. The Morgan fingerprint density at radius 1 is 1.07 bits per heavy atom. The molecule has 0 fully saturated rings. The summed E-state index contributed by atoms with van der Waals surface area (Å²) in [5, 5.41) is 4.02. The smallest absolute Gasteiger partial charge is 0.271 e. The Hall–Kier alpha value is -2.19. The predicted octanol–water partition coefficient (Wildman–Crippen LogP) is 5.40. The van der Waals surface area contributed by atoms with Gasteiger partial charge < -0.3 is 4.74 Å². The highest BCUT2D eigenvalue weighted by Crippen LogP contribution is 2.26. The molecule has 3 aromatic carbocycles. The third-order valence-electron chi connectivity index (χ3n) is 3.68. The maximum atomic E-state index is 12.0. The van der Waals surface area contributed by atoms with E-state index in [1.54, 1.807) is 18.3 Å². The molecule has 6 heteroatoms. The van der Waals surface area contributed by atoms with Gasteiger partial charge in [0.15, 0.2) is 0 Å². The van der Waals surface area contributed by atoms with E-state index < -0.39 is 0 Å². The molecule has 1 amide bonds. The number of halogens is 2. The van der Waals surface area contributed by atoms with E-state index in [-0.39, 0.29) is 5.91 Å². The van der Waals surface area contributed by atoms with E-state index in [1.165, 1.54) is 0 Å². The van der Waals surface area contributed by atoms with E-state index in [9.17, 15) is 4.79 Å². The van der Waals surface area contributed by atoms with Gasteiger partial charge in [-0.15, -0.1) is 0 Å². The van der Waals surface area contributed by atoms with E-state index in [2.05, 4.69) is 49.0 Å². The van der Waals surface area contributed by atoms with Gasteiger partial charge in [-0.25, -0.2) is 5.43 Å². The lowest BCUT2D eigenvalue weighted by atomic mass is 10.2. The van der Waals surface area contributed by atoms with Crippen LogP contribution in [0.1, 0.15) is 21.5 Å². The van der Waals surface area contributed by atoms with Crippen LogP contribution in [-0.2, 0) is 6.61 Å². The summed E-state index contributed by atoms with van der Waals surface area (Å²) >= 11 is 5.71. The van der Waals surface area contributed by atoms with Crippen LogP contribution in [0.2, 0.25) is 0 Å². The molecule has 0 saturated carbocycles. The minimum absolute atomic E-state index is 0.246. The van der Waals surface area contributed by atoms with Gasteiger partial charge in [-0.1, -0.05) is 30.3 Å². The molecular formula is C21H16BrIN2O2. The minimum Gasteiger partial charge on any atom is -0.488 e. The number of hydrogen-bond donors (Lipinski definition) is 1. The third kappa shape index (κ3) is 5.90. The molecule has 0 aliphatic rings. The van der Waals surface area contributed by atoms with Crippen LogP contribution < -0.4 is 10.2 Å². The van der Waals surface area contributed by atoms with Crippen molar-refractivity contribution in [2.24, 2.45) is 5.10 Å². The molecule has 0 aliphatic carbocycles. The largest absolute Gasteiger partial charge is 0.488 e. The van der Waals surface area contributed by atoms with Gasteiger partial charge >= 0.3 is 0 Å². The van der Waals surface area contributed by atoms with Gasteiger partial charge in [0.05, 0.1) is 10.7 Å². The number of benzene rings is 3. The number of ether oxygens (including phenoxy) is 1. The van der Waals surface area contributed by atoms with Crippen LogP contribution in [0.3, 0.4) is 0 Å². The zero-order valence-corrected chi connectivity index (χ0v) is 18.0. The normalized spacial score (nSPS) is 10.7. The third-order valence-corrected chi connectivity index (χ3v) is 5.02. The monoisotopic (exact) mass is 534 g/mol. The van der Waals surface area contributed by atoms with Crippen LogP contribution >= 0.6 is 38.5 Å². The molecule has 0 radical (unpaired) electrons. The Morgan fingerprint density at radius 2 is 1.81 bits per heavy atom. The number of hydrazone groups is 1. The van der Waals surface area contributed by atoms with E-state index in [0.29, 0.717) is 12.2 Å². The summed E-state index contributed by atoms with van der Waals surface area (Å²) in [7, 11) is 0. The summed E-state index contributed by atoms with van der Waals surface area (Å²) in [6.07, 6.45) is 1.59. The quantitative estimate of drug-likeness (QED) is 0.261. The zero-order chi connectivity index (χ0) is 19.1. The lowest BCUT2D eigenvalue weighted by Crippen LogP contribution is -2.17. The van der Waals surface area contributed by atoms with Crippen molar-refractivity contribution in [2.45, 2.75) is 6.61 Å². The summed E-state index contributed by atoms with van der Waals surface area (Å²) < 4.78 is 7.73. The Labute approximate surface area is 179 Å². The number of amides is 1. The second kappa shape index (κ2) is 9.66. The van der Waals surface area contributed by atoms with Crippen LogP contribution in [0.15, 0.2) is 82.4 Å². The van der Waals surface area contributed by atoms with Crippen molar-refractivity contribution in [1.29, 1.82) is 0 Å². The zero-order valence-electron chi connectivity index (χ0n) is 14.2. The van der Waals surface area contributed by atoms with Gasteiger partial charge in [0.25, 0.3) is 5.91 Å². The molecule has 4 nitrogen and oxygen atoms in total. The van der Waals surface area contributed by atoms with Crippen LogP contribution in [0.25, 0.3) is 0 Å². The second-order valence-electron chi connectivity index (χ2n) is 5.67. The highest BCUT2D eigenvalue weighted by Gasteiger charge is 2.04. The topological polar surface area (TPSA) is 50.7 Å². The molecular weight excluding hydrogens is 519 g/mol. The summed E-state index contributed by atoms with van der Waals surface area (Å²) in [5.74, 6) is 0.503. The number of nitrogens with one attached hydrogen (secondary N) is 1. The Kier molecular flexibility index (Phi) is 7.00. The molecule has 0 heterocycles. The molecule has 0 aromatic heterocycles. The van der Waals surface area contributed by atoms with Gasteiger partial charge in [0.1, 0.15) is 12.4 Å². The molecule has 0 aliphatic heterocycles. The van der Waals surface area contributed by atoms with Crippen LogP contribution in [0.5, 0.6) is 5.75 Å². The minimum atomic E-state index is -0.246. The molecule has 3 rings (SSSR count). The predicted molar refractivity (Wildman–Crippen MR) is 119 cm³/mol. The van der Waals surface area contributed by atoms with E-state index in [0.717, 1.165) is 24.9 Å². The van der Waals surface area contributed by atoms with Crippen LogP contribution in [-0.4, -0.2) is 12.1 Å². The summed E-state index contributed by atoms with van der Waals surface area (Å²) in [6.45, 7) is 0.499. The first-order valence-corrected chi connectivity index (χ1v) is 10.0. The van der Waals surface area contributed by atoms with Crippen molar-refractivity contribution in [2.75, 3.05) is 0 Å². The summed E-state index contributed by atoms with van der Waals surface area (Å²) in [4.78, 5) is 12.0. The van der Waals surface area contributed by atoms with Gasteiger partial charge in [-0.2, -0.15) is 5.10 Å². The number of rotatable bonds is 6. The molecule has 0 unspecified atom stereocenters. The fraction of sp³-hybridized carbons (Fsp3) is 0.0476. The molecule has 3 aromatic rings. The van der Waals surface area contributed by atoms with Crippen LogP contribution in [0, 0.1) is 3.57 Å². The summed E-state index contributed by atoms with van der Waals surface area (Å²) in [6, 6.07) is 22.9. The first kappa shape index (κ1) is 19.6. The van der Waals surface area contributed by atoms with E-state index >= 15 is 0 Å². The molecule has 1 N–H and O–H groups in total. The van der Waals surface area contributed by atoms with Gasteiger partial charge in [-0.3, -0.25) is 4.79 Å². The Bertz CT molecular complexity index is 944. The SMILES string of the molecule is O=C(N/N=C\c1ccc(OCc2ccccc2)c(Br)c1)c1ccc(I)cc1. The highest BCUT2D eigenvalue weighted by molar-refractivity contribution is 14.1. The number of carbonyl (C=O) groups is 1. The molecule has 0 spiro atoms. The first-order valence-electron chi connectivity index (χ1n) is 8.17. The standard InChI is InChI=1S/C21H16BrIN2O2/c22-19-12-16(6-11-20(19)27-14-15-4-2-1-3-5-15)13-24-25-21(26)17-7-9-18(23)10-8-17/h1-13H,14H2,(H,25,26)/b24-13-. The van der Waals surface area contributed by atoms with Crippen molar-refractivity contribution in [3.63, 3.8) is 0 Å². The van der Waals surface area contributed by atoms with Crippen LogP contribution in [0.4, 0.5) is 0 Å². The molecule has 136 valence electrons. The first-order chi connectivity index (χ1) is 13.1. The number of carbonyl (C=O) groups excluding carboxylic acids is 1. The fourth-order valence-electron chi connectivity index (χ4n) is 2.28. The van der Waals surface area contributed by atoms with E-state index in [1.807, 2.05) is 60.7 Å². The van der Waals surface area contributed by atoms with Crippen molar-refractivity contribution in [3.05, 3.63) is 97.5 Å². The van der Waals surface area contributed by atoms with Crippen molar-refractivity contribution >= 4 is 50.6 Å². The van der Waals surface area contributed by atoms with Crippen molar-refractivity contribution in [3.8, 4) is 5.75 Å². The lowest BCUT2D eigenvalue weighted by Gasteiger charge is -2.08. The van der Waals surface area contributed by atoms with E-state index in [4.69, 9.17) is 4.74 Å². The van der Waals surface area contributed by atoms with Gasteiger partial charge in [0, 0.05) is 9.13 Å². The Balaban J connectivity index is 1.57. The highest BCUT2D eigenvalue weighted by atomic mass is 127. The summed E-state index contributed by atoms with van der Waals surface area (Å²) in [5.41, 5.74) is 5.05. The second-order valence-corrected chi connectivity index (χ2v) is 7.77. The lowest BCUT2D eigenvalue weighted by molar-refractivity contribution is 0.0955. The maximum Gasteiger partial charge on any atom is 0.271 e. The van der Waals surface area contributed by atoms with Crippen molar-refractivity contribution in [1.82, 2.24) is 5.43 Å². The Morgan fingerprint density at radius 3 is 2.52 bits per heavy atom. The molecule has 0 atom stereocenters. The maximum absolute atomic E-state index is 12.0. The molecule has 0 saturated heterocycles. The molecule has 27 heavy (non-hydrogen) atoms. The van der Waals surface area contributed by atoms with Crippen molar-refractivity contribution < 1.29 is 9.53 Å². The van der Waals surface area contributed by atoms with Gasteiger partial charge in [0.2, 0.25) is 0 Å². The average Bonchev–Trinajstić information content (AvgIpc) is 2.68. The molecule has 0 bridgehead atoms.